The lowest BCUT2D eigenvalue weighted by molar-refractivity contribution is -0.275. The number of esters is 1. The molecule has 11 heteroatoms. The number of alkyl halides is 3. The molecular weight excluding hydrogens is 475 g/mol. The molecule has 0 saturated carbocycles. The highest BCUT2D eigenvalue weighted by atomic mass is 32.2. The number of rotatable bonds is 9. The van der Waals surface area contributed by atoms with Crippen molar-refractivity contribution in [1.82, 2.24) is 4.72 Å². The summed E-state index contributed by atoms with van der Waals surface area (Å²) in [5.41, 5.74) is 0.639. The average molecular weight is 500 g/mol. The van der Waals surface area contributed by atoms with E-state index in [-0.39, 0.29) is 13.0 Å². The predicted molar refractivity (Wildman–Crippen MR) is 117 cm³/mol. The second-order valence-corrected chi connectivity index (χ2v) is 9.20. The second-order valence-electron chi connectivity index (χ2n) is 7.51. The van der Waals surface area contributed by atoms with E-state index in [1.165, 1.54) is 19.2 Å². The molecule has 0 saturated heterocycles. The molecule has 1 aliphatic rings. The number of carbonyl (C=O) groups excluding carboxylic acids is 1. The Morgan fingerprint density at radius 1 is 1.15 bits per heavy atom. The minimum absolute atomic E-state index is 0.168. The lowest BCUT2D eigenvalue weighted by Crippen LogP contribution is -2.34. The average Bonchev–Trinajstić information content (AvgIpc) is 3.20. The van der Waals surface area contributed by atoms with E-state index in [4.69, 9.17) is 9.47 Å². The number of ether oxygens (including phenoxy) is 3. The van der Waals surface area contributed by atoms with E-state index < -0.39 is 50.9 Å². The Balaban J connectivity index is 1.81. The van der Waals surface area contributed by atoms with Crippen molar-refractivity contribution in [3.8, 4) is 11.5 Å². The van der Waals surface area contributed by atoms with E-state index in [2.05, 4.69) is 9.46 Å². The molecule has 0 radical (unpaired) electrons. The number of hydrogen-bond acceptors (Lipinski definition) is 6. The molecule has 0 aliphatic heterocycles. The highest BCUT2D eigenvalue weighted by molar-refractivity contribution is 7.89. The summed E-state index contributed by atoms with van der Waals surface area (Å²) in [6.45, 7) is 1.85. The number of nitrogens with one attached hydrogen (secondary N) is 1. The molecule has 0 spiro atoms. The van der Waals surface area contributed by atoms with Gasteiger partial charge in [-0.05, 0) is 49.1 Å². The Morgan fingerprint density at radius 2 is 1.88 bits per heavy atom. The monoisotopic (exact) mass is 499 g/mol. The van der Waals surface area contributed by atoms with Crippen LogP contribution in [0, 0.1) is 5.92 Å². The quantitative estimate of drug-likeness (QED) is 0.412. The Morgan fingerprint density at radius 3 is 2.56 bits per heavy atom. The van der Waals surface area contributed by atoms with Crippen LogP contribution in [0.3, 0.4) is 0 Å². The number of carbonyl (C=O) groups is 1. The smallest absolute Gasteiger partial charge is 0.497 e. The zero-order valence-corrected chi connectivity index (χ0v) is 19.2. The van der Waals surface area contributed by atoms with Crippen molar-refractivity contribution in [1.29, 1.82) is 0 Å². The van der Waals surface area contributed by atoms with Crippen LogP contribution in [0.1, 0.15) is 24.8 Å². The third-order valence-electron chi connectivity index (χ3n) is 5.21. The summed E-state index contributed by atoms with van der Waals surface area (Å²) in [5, 5.41) is 0. The third kappa shape index (κ3) is 6.29. The lowest BCUT2D eigenvalue weighted by atomic mass is 9.85. The molecule has 1 N–H and O–H groups in total. The van der Waals surface area contributed by atoms with Crippen molar-refractivity contribution in [2.45, 2.75) is 36.6 Å². The first-order valence-corrected chi connectivity index (χ1v) is 11.9. The van der Waals surface area contributed by atoms with E-state index in [1.54, 1.807) is 43.3 Å². The Bertz CT molecular complexity index is 1150. The molecule has 0 amide bonds. The highest BCUT2D eigenvalue weighted by Gasteiger charge is 2.37. The molecule has 34 heavy (non-hydrogen) atoms. The molecule has 0 heterocycles. The first kappa shape index (κ1) is 25.6. The number of benzene rings is 2. The van der Waals surface area contributed by atoms with E-state index in [0.717, 1.165) is 12.1 Å². The minimum Gasteiger partial charge on any atom is -0.497 e. The molecule has 3 unspecified atom stereocenters. The second kappa shape index (κ2) is 10.5. The molecule has 7 nitrogen and oxygen atoms in total. The van der Waals surface area contributed by atoms with Crippen molar-refractivity contribution < 1.29 is 40.6 Å². The summed E-state index contributed by atoms with van der Waals surface area (Å²) in [7, 11) is -2.86. The van der Waals surface area contributed by atoms with Gasteiger partial charge >= 0.3 is 12.3 Å². The van der Waals surface area contributed by atoms with Gasteiger partial charge < -0.3 is 14.2 Å². The molecule has 184 valence electrons. The molecule has 2 aromatic rings. The summed E-state index contributed by atoms with van der Waals surface area (Å²) >= 11 is 0. The standard InChI is InChI=1S/C23H24F3NO6S/c1-3-32-22(28)21(15-7-6-8-18(14-15)31-2)16-11-12-17(13-16)27-34(29,30)20-10-5-4-9-19(20)33-23(24,25)26/h4-12,14,16-17,21,27H,3,13H2,1-2H3. The van der Waals surface area contributed by atoms with E-state index >= 15 is 0 Å². The van der Waals surface area contributed by atoms with Gasteiger partial charge in [0.15, 0.2) is 0 Å². The van der Waals surface area contributed by atoms with E-state index in [0.29, 0.717) is 11.3 Å². The normalized spacial score (nSPS) is 19.0. The Kier molecular flexibility index (Phi) is 7.88. The summed E-state index contributed by atoms with van der Waals surface area (Å²) in [4.78, 5) is 12.1. The van der Waals surface area contributed by atoms with Gasteiger partial charge in [0.05, 0.1) is 19.6 Å². The van der Waals surface area contributed by atoms with Gasteiger partial charge in [-0.15, -0.1) is 13.2 Å². The number of hydrogen-bond donors (Lipinski definition) is 1. The molecule has 0 bridgehead atoms. The summed E-state index contributed by atoms with van der Waals surface area (Å²) in [6, 6.07) is 10.7. The molecule has 1 aliphatic carbocycles. The van der Waals surface area contributed by atoms with E-state index in [9.17, 15) is 26.4 Å². The highest BCUT2D eigenvalue weighted by Crippen LogP contribution is 2.36. The Hall–Kier alpha value is -3.05. The topological polar surface area (TPSA) is 90.9 Å². The van der Waals surface area contributed by atoms with Gasteiger partial charge in [0.1, 0.15) is 16.4 Å². The molecule has 3 atom stereocenters. The zero-order chi connectivity index (χ0) is 24.9. The van der Waals surface area contributed by atoms with Crippen molar-refractivity contribution in [3.05, 3.63) is 66.2 Å². The number of methoxy groups -OCH3 is 1. The minimum atomic E-state index is -5.05. The molecule has 2 aromatic carbocycles. The van der Waals surface area contributed by atoms with Gasteiger partial charge in [0, 0.05) is 6.04 Å². The number of para-hydroxylation sites is 1. The van der Waals surface area contributed by atoms with Crippen molar-refractivity contribution in [3.63, 3.8) is 0 Å². The zero-order valence-electron chi connectivity index (χ0n) is 18.4. The fourth-order valence-corrected chi connectivity index (χ4v) is 5.16. The van der Waals surface area contributed by atoms with Gasteiger partial charge in [0.25, 0.3) is 0 Å². The molecule has 3 rings (SSSR count). The van der Waals surface area contributed by atoms with Crippen LogP contribution < -0.4 is 14.2 Å². The maximum absolute atomic E-state index is 12.9. The Labute approximate surface area is 195 Å². The van der Waals surface area contributed by atoms with Crippen LogP contribution in [0.2, 0.25) is 0 Å². The molecule has 0 fully saturated rings. The van der Waals surface area contributed by atoms with E-state index in [1.807, 2.05) is 0 Å². The third-order valence-corrected chi connectivity index (χ3v) is 6.74. The number of allylic oxidation sites excluding steroid dienone is 1. The predicted octanol–water partition coefficient (Wildman–Crippen LogP) is 4.16. The summed E-state index contributed by atoms with van der Waals surface area (Å²) < 4.78 is 80.6. The number of sulfonamides is 1. The van der Waals surface area contributed by atoms with Crippen LogP contribution in [0.5, 0.6) is 11.5 Å². The van der Waals surface area contributed by atoms with Gasteiger partial charge in [0.2, 0.25) is 10.0 Å². The first-order valence-electron chi connectivity index (χ1n) is 10.4. The van der Waals surface area contributed by atoms with Crippen molar-refractivity contribution in [2.75, 3.05) is 13.7 Å². The number of halogens is 3. The van der Waals surface area contributed by atoms with Crippen LogP contribution in [0.4, 0.5) is 13.2 Å². The van der Waals surface area contributed by atoms with Crippen LogP contribution >= 0.6 is 0 Å². The SMILES string of the molecule is CCOC(=O)C(c1cccc(OC)c1)C1C=CC(NS(=O)(=O)c2ccccc2OC(F)(F)F)C1. The van der Waals surface area contributed by atoms with Gasteiger partial charge in [-0.2, -0.15) is 0 Å². The lowest BCUT2D eigenvalue weighted by Gasteiger charge is -2.23. The largest absolute Gasteiger partial charge is 0.573 e. The van der Waals surface area contributed by atoms with Gasteiger partial charge in [-0.3, -0.25) is 4.79 Å². The van der Waals surface area contributed by atoms with Crippen LogP contribution in [0.15, 0.2) is 65.6 Å². The van der Waals surface area contributed by atoms with Crippen molar-refractivity contribution in [2.24, 2.45) is 5.92 Å². The molecule has 0 aromatic heterocycles. The van der Waals surface area contributed by atoms with Crippen LogP contribution in [-0.4, -0.2) is 40.5 Å². The fraction of sp³-hybridized carbons (Fsp3) is 0.348. The summed E-state index contributed by atoms with van der Waals surface area (Å²) in [6.07, 6.45) is -1.58. The maximum atomic E-state index is 12.9. The van der Waals surface area contributed by atoms with Crippen molar-refractivity contribution >= 4 is 16.0 Å². The van der Waals surface area contributed by atoms with Gasteiger partial charge in [-0.25, -0.2) is 13.1 Å². The maximum Gasteiger partial charge on any atom is 0.573 e. The molecular formula is C23H24F3NO6S. The van der Waals surface area contributed by atoms with Gasteiger partial charge in [-0.1, -0.05) is 36.4 Å². The van der Waals surface area contributed by atoms with Crippen LogP contribution in [-0.2, 0) is 19.6 Å². The van der Waals surface area contributed by atoms with Crippen LogP contribution in [0.25, 0.3) is 0 Å². The first-order chi connectivity index (χ1) is 16.0. The summed E-state index contributed by atoms with van der Waals surface area (Å²) in [5.74, 6) is -1.89. The fourth-order valence-electron chi connectivity index (χ4n) is 3.83.